The molecule has 0 spiro atoms. The lowest BCUT2D eigenvalue weighted by Gasteiger charge is -1.76. The molecule has 0 aliphatic rings. The minimum atomic E-state index is -2.62. The van der Waals surface area contributed by atoms with Crippen LogP contribution in [0.3, 0.4) is 0 Å². The summed E-state index contributed by atoms with van der Waals surface area (Å²) in [6, 6.07) is 0. The number of hydrogen-bond acceptors (Lipinski definition) is 9. The van der Waals surface area contributed by atoms with Crippen LogP contribution < -0.4 is 0 Å². The number of rotatable bonds is 0. The first kappa shape index (κ1) is 18.7. The normalized spacial score (nSPS) is 9.00. The van der Waals surface area contributed by atoms with Crippen LogP contribution in [0.2, 0.25) is 0 Å². The molecule has 0 unspecified atom stereocenters. The zero-order chi connectivity index (χ0) is 10.7. The molecule has 9 nitrogen and oxygen atoms in total. The lowest BCUT2D eigenvalue weighted by atomic mass is 15.8. The third-order valence-electron chi connectivity index (χ3n) is 0. The molecule has 0 bridgehead atoms. The van der Waals surface area contributed by atoms with Gasteiger partial charge in [-0.25, -0.2) is 0 Å². The molecular weight excluding hydrogens is 237 g/mol. The number of hydrogen-bond donors (Lipinski definition) is 9. The van der Waals surface area contributed by atoms with E-state index in [-0.39, 0.29) is 0 Å². The van der Waals surface area contributed by atoms with Crippen molar-refractivity contribution >= 4 is 25.8 Å². The van der Waals surface area contributed by atoms with Crippen molar-refractivity contribution < 1.29 is 44.0 Å². The average Bonchev–Trinajstić information content (AvgIpc) is 1.54. The molecule has 0 heterocycles. The van der Waals surface area contributed by atoms with Crippen LogP contribution in [-0.4, -0.2) is 44.0 Å². The molecule has 0 fully saturated rings. The summed E-state index contributed by atoms with van der Waals surface area (Å²) in [6.45, 7) is 0. The van der Waals surface area contributed by atoms with Gasteiger partial charge in [0.25, 0.3) is 0 Å². The lowest BCUT2D eigenvalue weighted by Crippen LogP contribution is -1.54. The largest absolute Gasteiger partial charge is 0.328 e. The molecule has 0 aliphatic heterocycles. The van der Waals surface area contributed by atoms with Crippen LogP contribution in [0.25, 0.3) is 0 Å². The van der Waals surface area contributed by atoms with E-state index in [2.05, 4.69) is 0 Å². The van der Waals surface area contributed by atoms with Gasteiger partial charge in [0.05, 0.1) is 0 Å². The Kier molecular flexibility index (Phi) is 22.5. The third kappa shape index (κ3) is 1250. The Morgan fingerprint density at radius 3 is 0.333 bits per heavy atom. The molecule has 0 aromatic heterocycles. The fourth-order valence-electron chi connectivity index (χ4n) is 0. The Morgan fingerprint density at radius 2 is 0.333 bits per heavy atom. The smallest absolute Gasteiger partial charge is 0.324 e. The Balaban J connectivity index is -0.000000101. The van der Waals surface area contributed by atoms with Gasteiger partial charge >= 0.3 is 25.8 Å². The van der Waals surface area contributed by atoms with E-state index < -0.39 is 25.8 Å². The summed E-state index contributed by atoms with van der Waals surface area (Å²) >= 11 is 0. The quantitative estimate of drug-likeness (QED) is 0.210. The van der Waals surface area contributed by atoms with Crippen molar-refractivity contribution in [3.8, 4) is 0 Å². The van der Waals surface area contributed by atoms with Gasteiger partial charge in [-0.3, -0.25) is 0 Å². The van der Waals surface area contributed by atoms with Gasteiger partial charge in [0, 0.05) is 0 Å². The van der Waals surface area contributed by atoms with Crippen molar-refractivity contribution in [1.82, 2.24) is 0 Å². The fraction of sp³-hybridized carbons (Fsp3) is 0. The molecule has 0 radical (unpaired) electrons. The summed E-state index contributed by atoms with van der Waals surface area (Å²) in [5.74, 6) is 0. The highest BCUT2D eigenvalue weighted by Gasteiger charge is 1.77. The van der Waals surface area contributed by atoms with Crippen LogP contribution in [-0.2, 0) is 0 Å². The van der Waals surface area contributed by atoms with Gasteiger partial charge < -0.3 is 44.0 Å². The minimum absolute atomic E-state index is 2.62. The predicted molar refractivity (Wildman–Crippen MR) is 40.7 cm³/mol. The zero-order valence-electron chi connectivity index (χ0n) is 5.37. The van der Waals surface area contributed by atoms with E-state index in [0.717, 1.165) is 0 Å². The summed E-state index contributed by atoms with van der Waals surface area (Å²) in [6.07, 6.45) is 0. The molecule has 0 saturated heterocycles. The molecule has 12 heteroatoms. The van der Waals surface area contributed by atoms with Crippen molar-refractivity contribution in [2.24, 2.45) is 0 Å². The van der Waals surface area contributed by atoms with Crippen molar-refractivity contribution in [2.75, 3.05) is 0 Å². The lowest BCUT2D eigenvalue weighted by molar-refractivity contribution is 0.366. The predicted octanol–water partition coefficient (Wildman–Crippen LogP) is -2.43. The molecule has 0 rings (SSSR count). The van der Waals surface area contributed by atoms with E-state index in [9.17, 15) is 0 Å². The van der Waals surface area contributed by atoms with Crippen LogP contribution in [0, 0.1) is 0 Å². The first-order valence-corrected chi connectivity index (χ1v) is 5.40. The van der Waals surface area contributed by atoms with Gasteiger partial charge in [-0.05, 0) is 0 Å². The molecule has 0 aromatic rings. The van der Waals surface area contributed by atoms with Gasteiger partial charge in [-0.2, -0.15) is 0 Å². The standard InChI is InChI=1S/3H3O3P/c3*1-4(2)3/h3*1-3H. The van der Waals surface area contributed by atoms with E-state index in [1.807, 2.05) is 0 Å². The molecule has 12 heavy (non-hydrogen) atoms. The molecule has 0 amide bonds. The maximum Gasteiger partial charge on any atom is 0.324 e. The van der Waals surface area contributed by atoms with Gasteiger partial charge in [-0.15, -0.1) is 0 Å². The summed E-state index contributed by atoms with van der Waals surface area (Å²) in [5, 5.41) is 0. The average molecular weight is 246 g/mol. The minimum Gasteiger partial charge on any atom is -0.328 e. The van der Waals surface area contributed by atoms with Crippen molar-refractivity contribution in [3.63, 3.8) is 0 Å². The van der Waals surface area contributed by atoms with Crippen LogP contribution in [0.4, 0.5) is 0 Å². The summed E-state index contributed by atoms with van der Waals surface area (Å²) < 4.78 is 0. The second-order valence-corrected chi connectivity index (χ2v) is 2.41. The molecule has 0 aromatic carbocycles. The summed E-state index contributed by atoms with van der Waals surface area (Å²) in [4.78, 5) is 65.1. The van der Waals surface area contributed by atoms with Crippen LogP contribution in [0.1, 0.15) is 0 Å². The zero-order valence-corrected chi connectivity index (χ0v) is 8.05. The first-order chi connectivity index (χ1) is 5.20. The highest BCUT2D eigenvalue weighted by atomic mass is 31.2. The van der Waals surface area contributed by atoms with Gasteiger partial charge in [0.15, 0.2) is 0 Å². The molecular formula is H9O9P3. The molecule has 0 atom stereocenters. The van der Waals surface area contributed by atoms with E-state index in [4.69, 9.17) is 44.0 Å². The highest BCUT2D eigenvalue weighted by Crippen LogP contribution is 2.12. The second-order valence-electron chi connectivity index (χ2n) is 0.805. The Labute approximate surface area is 70.8 Å². The van der Waals surface area contributed by atoms with Crippen LogP contribution in [0.15, 0.2) is 0 Å². The molecule has 0 aliphatic carbocycles. The molecule has 78 valence electrons. The van der Waals surface area contributed by atoms with Crippen LogP contribution in [0.5, 0.6) is 0 Å². The van der Waals surface area contributed by atoms with Gasteiger partial charge in [-0.1, -0.05) is 0 Å². The van der Waals surface area contributed by atoms with E-state index in [0.29, 0.717) is 0 Å². The van der Waals surface area contributed by atoms with Gasteiger partial charge in [0.2, 0.25) is 0 Å². The Morgan fingerprint density at radius 1 is 0.333 bits per heavy atom. The molecule has 0 saturated carbocycles. The van der Waals surface area contributed by atoms with Crippen molar-refractivity contribution in [2.45, 2.75) is 0 Å². The Hall–Kier alpha value is 0.930. The SMILES string of the molecule is OP(O)O.OP(O)O.OP(O)O. The summed E-state index contributed by atoms with van der Waals surface area (Å²) in [5.41, 5.74) is 0. The summed E-state index contributed by atoms with van der Waals surface area (Å²) in [7, 11) is -7.86. The van der Waals surface area contributed by atoms with Crippen molar-refractivity contribution in [1.29, 1.82) is 0 Å². The van der Waals surface area contributed by atoms with E-state index in [1.54, 1.807) is 0 Å². The first-order valence-electron chi connectivity index (χ1n) is 1.80. The Bertz CT molecular complexity index is 38.3. The monoisotopic (exact) mass is 246 g/mol. The maximum atomic E-state index is 7.23. The second kappa shape index (κ2) is 14.5. The highest BCUT2D eigenvalue weighted by molar-refractivity contribution is 7.38. The fourth-order valence-corrected chi connectivity index (χ4v) is 0. The van der Waals surface area contributed by atoms with E-state index in [1.165, 1.54) is 0 Å². The molecule has 9 N–H and O–H groups in total. The van der Waals surface area contributed by atoms with E-state index >= 15 is 0 Å². The van der Waals surface area contributed by atoms with Gasteiger partial charge in [0.1, 0.15) is 0 Å². The van der Waals surface area contributed by atoms with Crippen molar-refractivity contribution in [3.05, 3.63) is 0 Å². The van der Waals surface area contributed by atoms with Crippen LogP contribution >= 0.6 is 25.8 Å². The maximum absolute atomic E-state index is 7.23. The third-order valence-corrected chi connectivity index (χ3v) is 0. The topological polar surface area (TPSA) is 182 Å².